The molecule has 19 heavy (non-hydrogen) atoms. The SMILES string of the molecule is C[C@@](O)(CNC(=O)C=C1CCCCC1)c1ccsc1. The molecule has 1 aliphatic rings. The summed E-state index contributed by atoms with van der Waals surface area (Å²) in [5, 5.41) is 16.9. The zero-order valence-corrected chi connectivity index (χ0v) is 12.1. The first-order valence-electron chi connectivity index (χ1n) is 6.80. The van der Waals surface area contributed by atoms with Crippen molar-refractivity contribution in [1.29, 1.82) is 0 Å². The van der Waals surface area contributed by atoms with Gasteiger partial charge >= 0.3 is 0 Å². The summed E-state index contributed by atoms with van der Waals surface area (Å²) in [5.74, 6) is -0.0904. The molecule has 0 spiro atoms. The van der Waals surface area contributed by atoms with Crippen LogP contribution in [0.15, 0.2) is 28.5 Å². The molecule has 1 saturated carbocycles. The van der Waals surface area contributed by atoms with Gasteiger partial charge in [0.2, 0.25) is 5.91 Å². The number of nitrogens with one attached hydrogen (secondary N) is 1. The fourth-order valence-electron chi connectivity index (χ4n) is 2.32. The predicted molar refractivity (Wildman–Crippen MR) is 78.1 cm³/mol. The van der Waals surface area contributed by atoms with Crippen LogP contribution >= 0.6 is 11.3 Å². The molecule has 0 unspecified atom stereocenters. The predicted octanol–water partition coefficient (Wildman–Crippen LogP) is 2.96. The van der Waals surface area contributed by atoms with Gasteiger partial charge in [0.25, 0.3) is 0 Å². The normalized spacial score (nSPS) is 18.7. The molecule has 1 atom stereocenters. The Morgan fingerprint density at radius 2 is 2.21 bits per heavy atom. The summed E-state index contributed by atoms with van der Waals surface area (Å²) >= 11 is 1.54. The Bertz CT molecular complexity index is 441. The lowest BCUT2D eigenvalue weighted by Crippen LogP contribution is -2.37. The Hall–Kier alpha value is -1.13. The van der Waals surface area contributed by atoms with Gasteiger partial charge in [-0.25, -0.2) is 0 Å². The van der Waals surface area contributed by atoms with Crippen LogP contribution < -0.4 is 5.32 Å². The van der Waals surface area contributed by atoms with Crippen LogP contribution in [-0.2, 0) is 10.4 Å². The molecule has 0 saturated heterocycles. The van der Waals surface area contributed by atoms with Crippen LogP contribution in [0.1, 0.15) is 44.6 Å². The van der Waals surface area contributed by atoms with E-state index >= 15 is 0 Å². The number of carbonyl (C=O) groups excluding carboxylic acids is 1. The summed E-state index contributed by atoms with van der Waals surface area (Å²) in [6.07, 6.45) is 7.43. The fraction of sp³-hybridized carbons (Fsp3) is 0.533. The maximum Gasteiger partial charge on any atom is 0.244 e. The van der Waals surface area contributed by atoms with Crippen LogP contribution in [0.3, 0.4) is 0 Å². The second kappa shape index (κ2) is 6.35. The Balaban J connectivity index is 1.86. The molecule has 1 aromatic rings. The summed E-state index contributed by atoms with van der Waals surface area (Å²) in [7, 11) is 0. The third kappa shape index (κ3) is 4.18. The highest BCUT2D eigenvalue weighted by atomic mass is 32.1. The average molecular weight is 279 g/mol. The minimum atomic E-state index is -0.999. The molecule has 0 radical (unpaired) electrons. The first kappa shape index (κ1) is 14.3. The van der Waals surface area contributed by atoms with E-state index in [1.807, 2.05) is 16.8 Å². The van der Waals surface area contributed by atoms with Crippen molar-refractivity contribution in [2.75, 3.05) is 6.54 Å². The van der Waals surface area contributed by atoms with E-state index in [1.54, 1.807) is 24.3 Å². The third-order valence-corrected chi connectivity index (χ3v) is 4.26. The number of aliphatic hydroxyl groups is 1. The van der Waals surface area contributed by atoms with Gasteiger partial charge < -0.3 is 10.4 Å². The average Bonchev–Trinajstić information content (AvgIpc) is 2.92. The largest absolute Gasteiger partial charge is 0.384 e. The number of amides is 1. The second-order valence-electron chi connectivity index (χ2n) is 5.37. The van der Waals surface area contributed by atoms with Crippen LogP contribution in [0.4, 0.5) is 0 Å². The monoisotopic (exact) mass is 279 g/mol. The first-order chi connectivity index (χ1) is 9.08. The first-order valence-corrected chi connectivity index (χ1v) is 7.74. The number of allylic oxidation sites excluding steroid dienone is 1. The van der Waals surface area contributed by atoms with Crippen LogP contribution in [0.2, 0.25) is 0 Å². The summed E-state index contributed by atoms with van der Waals surface area (Å²) < 4.78 is 0. The van der Waals surface area contributed by atoms with Gasteiger partial charge in [-0.05, 0) is 55.0 Å². The van der Waals surface area contributed by atoms with Crippen LogP contribution in [-0.4, -0.2) is 17.6 Å². The van der Waals surface area contributed by atoms with Crippen LogP contribution in [0, 0.1) is 0 Å². The molecule has 2 rings (SSSR count). The summed E-state index contributed by atoms with van der Waals surface area (Å²) in [6.45, 7) is 1.97. The van der Waals surface area contributed by atoms with Gasteiger partial charge in [-0.2, -0.15) is 11.3 Å². The maximum absolute atomic E-state index is 11.8. The van der Waals surface area contributed by atoms with Crippen molar-refractivity contribution in [3.8, 4) is 0 Å². The Kier molecular flexibility index (Phi) is 4.77. The van der Waals surface area contributed by atoms with Crippen LogP contribution in [0.25, 0.3) is 0 Å². The summed E-state index contributed by atoms with van der Waals surface area (Å²) in [5.41, 5.74) is 1.09. The van der Waals surface area contributed by atoms with Crippen molar-refractivity contribution in [3.05, 3.63) is 34.0 Å². The standard InChI is InChI=1S/C15H21NO2S/c1-15(18,13-7-8-19-10-13)11-16-14(17)9-12-5-3-2-4-6-12/h7-10,18H,2-6,11H2,1H3,(H,16,17)/t15-/m1/s1. The molecule has 3 nitrogen and oxygen atoms in total. The molecular weight excluding hydrogens is 258 g/mol. The lowest BCUT2D eigenvalue weighted by atomic mass is 9.94. The quantitative estimate of drug-likeness (QED) is 0.833. The molecule has 0 bridgehead atoms. The van der Waals surface area contributed by atoms with Crippen molar-refractivity contribution in [1.82, 2.24) is 5.32 Å². The minimum Gasteiger partial charge on any atom is -0.384 e. The molecule has 1 aliphatic carbocycles. The number of thiophene rings is 1. The molecule has 0 aromatic carbocycles. The number of hydrogen-bond donors (Lipinski definition) is 2. The van der Waals surface area contributed by atoms with Crippen LogP contribution in [0.5, 0.6) is 0 Å². The van der Waals surface area contributed by atoms with Gasteiger partial charge in [-0.3, -0.25) is 4.79 Å². The van der Waals surface area contributed by atoms with Crippen molar-refractivity contribution in [2.45, 2.75) is 44.6 Å². The molecule has 1 fully saturated rings. The van der Waals surface area contributed by atoms with Gasteiger partial charge in [0.05, 0.1) is 6.54 Å². The molecule has 4 heteroatoms. The van der Waals surface area contributed by atoms with E-state index in [2.05, 4.69) is 5.32 Å². The second-order valence-corrected chi connectivity index (χ2v) is 6.15. The summed E-state index contributed by atoms with van der Waals surface area (Å²) in [6, 6.07) is 1.89. The van der Waals surface area contributed by atoms with Gasteiger partial charge in [-0.1, -0.05) is 12.0 Å². The van der Waals surface area contributed by atoms with E-state index in [9.17, 15) is 9.90 Å². The number of hydrogen-bond acceptors (Lipinski definition) is 3. The van der Waals surface area contributed by atoms with E-state index in [-0.39, 0.29) is 12.5 Å². The van der Waals surface area contributed by atoms with E-state index < -0.39 is 5.60 Å². The van der Waals surface area contributed by atoms with Gasteiger partial charge in [0.15, 0.2) is 0 Å². The maximum atomic E-state index is 11.8. The highest BCUT2D eigenvalue weighted by Crippen LogP contribution is 2.23. The van der Waals surface area contributed by atoms with Crippen molar-refractivity contribution < 1.29 is 9.90 Å². The zero-order chi connectivity index (χ0) is 13.7. The minimum absolute atomic E-state index is 0.0904. The van der Waals surface area contributed by atoms with Crippen molar-refractivity contribution in [2.24, 2.45) is 0 Å². The van der Waals surface area contributed by atoms with Crippen molar-refractivity contribution in [3.63, 3.8) is 0 Å². The fourth-order valence-corrected chi connectivity index (χ4v) is 3.10. The molecule has 1 amide bonds. The molecular formula is C15H21NO2S. The highest BCUT2D eigenvalue weighted by Gasteiger charge is 2.23. The van der Waals surface area contributed by atoms with Gasteiger partial charge in [0, 0.05) is 6.08 Å². The molecule has 104 valence electrons. The van der Waals surface area contributed by atoms with E-state index in [4.69, 9.17) is 0 Å². The molecule has 2 N–H and O–H groups in total. The van der Waals surface area contributed by atoms with E-state index in [1.165, 1.54) is 24.8 Å². The lowest BCUT2D eigenvalue weighted by molar-refractivity contribution is -0.117. The Labute approximate surface area is 118 Å². The Morgan fingerprint density at radius 3 is 2.84 bits per heavy atom. The zero-order valence-electron chi connectivity index (χ0n) is 11.3. The van der Waals surface area contributed by atoms with Crippen molar-refractivity contribution >= 4 is 17.2 Å². The number of rotatable bonds is 4. The third-order valence-electron chi connectivity index (χ3n) is 3.58. The van der Waals surface area contributed by atoms with Gasteiger partial charge in [0.1, 0.15) is 5.60 Å². The van der Waals surface area contributed by atoms with Gasteiger partial charge in [-0.15, -0.1) is 0 Å². The molecule has 1 aromatic heterocycles. The molecule has 0 aliphatic heterocycles. The molecule has 1 heterocycles. The summed E-state index contributed by atoms with van der Waals surface area (Å²) in [4.78, 5) is 11.8. The lowest BCUT2D eigenvalue weighted by Gasteiger charge is -2.22. The van der Waals surface area contributed by atoms with E-state index in [0.717, 1.165) is 18.4 Å². The Morgan fingerprint density at radius 1 is 1.47 bits per heavy atom. The van der Waals surface area contributed by atoms with E-state index in [0.29, 0.717) is 0 Å². The smallest absolute Gasteiger partial charge is 0.244 e. The number of carbonyl (C=O) groups is 1. The topological polar surface area (TPSA) is 49.3 Å². The highest BCUT2D eigenvalue weighted by molar-refractivity contribution is 7.08.